The summed E-state index contributed by atoms with van der Waals surface area (Å²) in [4.78, 5) is 40.8. The van der Waals surface area contributed by atoms with Crippen molar-refractivity contribution in [3.05, 3.63) is 94.9 Å². The van der Waals surface area contributed by atoms with Crippen molar-refractivity contribution in [1.82, 2.24) is 20.0 Å². The number of hydrogen-bond donors (Lipinski definition) is 3. The quantitative estimate of drug-likeness (QED) is 0.377. The van der Waals surface area contributed by atoms with Gasteiger partial charge in [-0.25, -0.2) is 9.78 Å². The number of carbonyl (C=O) groups is 3. The van der Waals surface area contributed by atoms with Crippen molar-refractivity contribution in [3.8, 4) is 11.5 Å². The molecule has 10 heteroatoms. The number of pyridine rings is 1. The number of nitrogens with one attached hydrogen (secondary N) is 2. The minimum Gasteiger partial charge on any atom is -0.478 e. The van der Waals surface area contributed by atoms with Crippen LogP contribution in [0.2, 0.25) is 0 Å². The van der Waals surface area contributed by atoms with E-state index in [1.54, 1.807) is 40.8 Å². The summed E-state index contributed by atoms with van der Waals surface area (Å²) in [6.45, 7) is 0.670. The normalized spacial score (nSPS) is 11.9. The van der Waals surface area contributed by atoms with Crippen LogP contribution in [-0.4, -0.2) is 39.1 Å². The number of nitrogens with zero attached hydrogens (tertiary/aromatic N) is 2. The first-order chi connectivity index (χ1) is 17.0. The molecule has 3 heterocycles. The van der Waals surface area contributed by atoms with Crippen LogP contribution in [0.25, 0.3) is 5.65 Å². The molecule has 0 atom stereocenters. The molecule has 2 aromatic heterocycles. The van der Waals surface area contributed by atoms with Crippen LogP contribution in [-0.2, 0) is 13.1 Å². The molecule has 0 fully saturated rings. The highest BCUT2D eigenvalue weighted by Gasteiger charge is 2.17. The molecule has 2 aromatic carbocycles. The van der Waals surface area contributed by atoms with Crippen molar-refractivity contribution in [2.75, 3.05) is 6.79 Å². The van der Waals surface area contributed by atoms with Gasteiger partial charge in [0.2, 0.25) is 6.79 Å². The van der Waals surface area contributed by atoms with Crippen LogP contribution in [0.1, 0.15) is 42.5 Å². The summed E-state index contributed by atoms with van der Waals surface area (Å²) in [7, 11) is 0. The number of rotatable bonds is 7. The maximum Gasteiger partial charge on any atom is 0.335 e. The number of carbonyl (C=O) groups excluding carboxylic acids is 2. The highest BCUT2D eigenvalue weighted by molar-refractivity contribution is 5.95. The number of carboxylic acids is 1. The molecule has 10 nitrogen and oxygen atoms in total. The maximum absolute atomic E-state index is 12.8. The summed E-state index contributed by atoms with van der Waals surface area (Å²) in [6, 6.07) is 16.7. The lowest BCUT2D eigenvalue weighted by Gasteiger charge is -2.07. The van der Waals surface area contributed by atoms with E-state index in [9.17, 15) is 14.4 Å². The second-order valence-electron chi connectivity index (χ2n) is 7.82. The zero-order chi connectivity index (χ0) is 24.4. The molecular formula is C25H20N4O6. The van der Waals surface area contributed by atoms with Crippen molar-refractivity contribution in [3.63, 3.8) is 0 Å². The standard InChI is InChI=1S/C25H20N4O6/c30-23(26-12-16-6-9-20-21(10-16)35-14-34-20)18-13-29-19(2-1-3-22(29)28-18)24(31)27-11-15-4-7-17(8-5-15)25(32)33/h1-10,13H,11-12,14H2,(H,26,30)(H,27,31)(H,32,33). The van der Waals surface area contributed by atoms with Crippen LogP contribution >= 0.6 is 0 Å². The van der Waals surface area contributed by atoms with Gasteiger partial charge in [0.15, 0.2) is 11.5 Å². The Morgan fingerprint density at radius 3 is 2.40 bits per heavy atom. The number of carboxylic acid groups (broad SMARTS) is 1. The van der Waals surface area contributed by atoms with Gasteiger partial charge in [0.05, 0.1) is 5.56 Å². The number of hydrogen-bond acceptors (Lipinski definition) is 6. The lowest BCUT2D eigenvalue weighted by atomic mass is 10.1. The number of ether oxygens (including phenoxy) is 2. The lowest BCUT2D eigenvalue weighted by Crippen LogP contribution is -2.25. The molecule has 0 saturated heterocycles. The Balaban J connectivity index is 1.26. The lowest BCUT2D eigenvalue weighted by molar-refractivity contribution is 0.0696. The van der Waals surface area contributed by atoms with Crippen LogP contribution < -0.4 is 20.1 Å². The van der Waals surface area contributed by atoms with Gasteiger partial charge in [-0.05, 0) is 47.5 Å². The average Bonchev–Trinajstić information content (AvgIpc) is 3.52. The molecule has 2 amide bonds. The average molecular weight is 472 g/mol. The van der Waals surface area contributed by atoms with E-state index in [1.165, 1.54) is 18.3 Å². The molecule has 0 radical (unpaired) electrons. The highest BCUT2D eigenvalue weighted by atomic mass is 16.7. The molecule has 35 heavy (non-hydrogen) atoms. The molecule has 0 bridgehead atoms. The van der Waals surface area contributed by atoms with E-state index < -0.39 is 5.97 Å². The summed E-state index contributed by atoms with van der Waals surface area (Å²) in [5.74, 6) is -0.441. The second-order valence-corrected chi connectivity index (χ2v) is 7.82. The van der Waals surface area contributed by atoms with E-state index in [4.69, 9.17) is 14.6 Å². The monoisotopic (exact) mass is 472 g/mol. The molecular weight excluding hydrogens is 452 g/mol. The largest absolute Gasteiger partial charge is 0.478 e. The Bertz CT molecular complexity index is 1440. The molecule has 0 unspecified atom stereocenters. The van der Waals surface area contributed by atoms with Crippen LogP contribution in [0.3, 0.4) is 0 Å². The van der Waals surface area contributed by atoms with Crippen molar-refractivity contribution < 1.29 is 29.0 Å². The fourth-order valence-electron chi connectivity index (χ4n) is 3.67. The van der Waals surface area contributed by atoms with E-state index in [2.05, 4.69) is 15.6 Å². The van der Waals surface area contributed by atoms with E-state index in [0.717, 1.165) is 11.1 Å². The van der Waals surface area contributed by atoms with Gasteiger partial charge in [-0.3, -0.25) is 14.0 Å². The molecule has 1 aliphatic rings. The van der Waals surface area contributed by atoms with Crippen molar-refractivity contribution in [2.24, 2.45) is 0 Å². The minimum absolute atomic E-state index is 0.174. The predicted octanol–water partition coefficient (Wildman–Crippen LogP) is 2.62. The van der Waals surface area contributed by atoms with Crippen LogP contribution in [0.4, 0.5) is 0 Å². The SMILES string of the molecule is O=C(O)c1ccc(CNC(=O)c2cccc3nc(C(=O)NCc4ccc5c(c4)OCO5)cn23)cc1. The number of amides is 2. The van der Waals surface area contributed by atoms with Gasteiger partial charge in [-0.1, -0.05) is 24.3 Å². The number of aromatic nitrogens is 2. The summed E-state index contributed by atoms with van der Waals surface area (Å²) in [6.07, 6.45) is 1.51. The topological polar surface area (TPSA) is 131 Å². The molecule has 4 aromatic rings. The van der Waals surface area contributed by atoms with Gasteiger partial charge in [0, 0.05) is 19.3 Å². The van der Waals surface area contributed by atoms with Crippen molar-refractivity contribution in [1.29, 1.82) is 0 Å². The molecule has 176 valence electrons. The third-order valence-electron chi connectivity index (χ3n) is 5.50. The van der Waals surface area contributed by atoms with Crippen molar-refractivity contribution in [2.45, 2.75) is 13.1 Å². The first kappa shape index (κ1) is 22.0. The fraction of sp³-hybridized carbons (Fsp3) is 0.120. The van der Waals surface area contributed by atoms with Crippen LogP contribution in [0, 0.1) is 0 Å². The van der Waals surface area contributed by atoms with Gasteiger partial charge in [-0.15, -0.1) is 0 Å². The number of fused-ring (bicyclic) bond motifs is 2. The molecule has 3 N–H and O–H groups in total. The number of imidazole rings is 1. The Labute approximate surface area is 199 Å². The summed E-state index contributed by atoms with van der Waals surface area (Å²) < 4.78 is 12.2. The van der Waals surface area contributed by atoms with Gasteiger partial charge in [0.1, 0.15) is 17.0 Å². The highest BCUT2D eigenvalue weighted by Crippen LogP contribution is 2.32. The number of aromatic carboxylic acids is 1. The minimum atomic E-state index is -1.01. The molecule has 0 saturated carbocycles. The van der Waals surface area contributed by atoms with Gasteiger partial charge < -0.3 is 25.2 Å². The van der Waals surface area contributed by atoms with Crippen molar-refractivity contribution >= 4 is 23.4 Å². The maximum atomic E-state index is 12.8. The van der Waals surface area contributed by atoms with Crippen LogP contribution in [0.5, 0.6) is 11.5 Å². The molecule has 1 aliphatic heterocycles. The summed E-state index contributed by atoms with van der Waals surface area (Å²) in [5, 5.41) is 14.6. The summed E-state index contributed by atoms with van der Waals surface area (Å²) >= 11 is 0. The Kier molecular flexibility index (Phi) is 5.76. The zero-order valence-electron chi connectivity index (χ0n) is 18.4. The zero-order valence-corrected chi connectivity index (χ0v) is 18.4. The Hall–Kier alpha value is -4.86. The smallest absolute Gasteiger partial charge is 0.335 e. The summed E-state index contributed by atoms with van der Waals surface area (Å²) in [5.41, 5.74) is 2.72. The fourth-order valence-corrected chi connectivity index (χ4v) is 3.67. The van der Waals surface area contributed by atoms with E-state index in [1.807, 2.05) is 12.1 Å². The van der Waals surface area contributed by atoms with E-state index in [-0.39, 0.29) is 43.0 Å². The number of benzene rings is 2. The molecule has 0 spiro atoms. The third-order valence-corrected chi connectivity index (χ3v) is 5.50. The van der Waals surface area contributed by atoms with Gasteiger partial charge >= 0.3 is 5.97 Å². The van der Waals surface area contributed by atoms with Gasteiger partial charge in [-0.2, -0.15) is 0 Å². The Morgan fingerprint density at radius 2 is 1.60 bits per heavy atom. The van der Waals surface area contributed by atoms with Crippen LogP contribution in [0.15, 0.2) is 66.9 Å². The first-order valence-corrected chi connectivity index (χ1v) is 10.7. The third kappa shape index (κ3) is 4.62. The first-order valence-electron chi connectivity index (χ1n) is 10.7. The van der Waals surface area contributed by atoms with E-state index in [0.29, 0.717) is 22.8 Å². The second kappa shape index (κ2) is 9.18. The van der Waals surface area contributed by atoms with Gasteiger partial charge in [0.25, 0.3) is 11.8 Å². The Morgan fingerprint density at radius 1 is 0.886 bits per heavy atom. The molecule has 5 rings (SSSR count). The van der Waals surface area contributed by atoms with E-state index >= 15 is 0 Å². The predicted molar refractivity (Wildman–Crippen MR) is 123 cm³/mol. The molecule has 0 aliphatic carbocycles.